The molecule has 0 unspecified atom stereocenters. The summed E-state index contributed by atoms with van der Waals surface area (Å²) in [6.45, 7) is 1.79. The van der Waals surface area contributed by atoms with Crippen LogP contribution in [0.15, 0.2) is 24.3 Å². The molecule has 1 aromatic rings. The lowest BCUT2D eigenvalue weighted by Gasteiger charge is -2.26. The van der Waals surface area contributed by atoms with Crippen LogP contribution in [0.1, 0.15) is 31.2 Å². The summed E-state index contributed by atoms with van der Waals surface area (Å²) in [5, 5.41) is 17.5. The van der Waals surface area contributed by atoms with E-state index in [-0.39, 0.29) is 24.6 Å². The second-order valence-corrected chi connectivity index (χ2v) is 6.28. The molecule has 0 radical (unpaired) electrons. The molecule has 6 heteroatoms. The average Bonchev–Trinajstić information content (AvgIpc) is 3.45. The summed E-state index contributed by atoms with van der Waals surface area (Å²) in [6.07, 6.45) is 3.49. The molecule has 1 saturated carbocycles. The van der Waals surface area contributed by atoms with Crippen molar-refractivity contribution in [3.05, 3.63) is 35.6 Å². The number of nitrogens with zero attached hydrogens (tertiary/aromatic N) is 4. The number of hydrogen-bond donors (Lipinski definition) is 0. The van der Waals surface area contributed by atoms with Gasteiger partial charge in [-0.2, -0.15) is 10.5 Å². The molecule has 0 bridgehead atoms. The lowest BCUT2D eigenvalue weighted by atomic mass is 10.1. The van der Waals surface area contributed by atoms with Gasteiger partial charge in [-0.3, -0.25) is 9.69 Å². The first-order valence-electron chi connectivity index (χ1n) is 8.64. The van der Waals surface area contributed by atoms with Crippen LogP contribution in [0.2, 0.25) is 0 Å². The van der Waals surface area contributed by atoms with Crippen LogP contribution in [0.5, 0.6) is 0 Å². The van der Waals surface area contributed by atoms with E-state index < -0.39 is 0 Å². The molecule has 0 saturated heterocycles. The van der Waals surface area contributed by atoms with Crippen LogP contribution in [-0.4, -0.2) is 47.9 Å². The van der Waals surface area contributed by atoms with Crippen LogP contribution in [0.3, 0.4) is 0 Å². The number of carbonyl (C=O) groups excluding carboxylic acids is 1. The topological polar surface area (TPSA) is 71.1 Å². The summed E-state index contributed by atoms with van der Waals surface area (Å²) < 4.78 is 13.0. The van der Waals surface area contributed by atoms with Crippen LogP contribution in [0.4, 0.5) is 4.39 Å². The van der Waals surface area contributed by atoms with Crippen molar-refractivity contribution in [3.63, 3.8) is 0 Å². The highest BCUT2D eigenvalue weighted by atomic mass is 19.1. The molecule has 0 heterocycles. The molecule has 0 atom stereocenters. The van der Waals surface area contributed by atoms with E-state index >= 15 is 0 Å². The molecule has 1 aliphatic carbocycles. The van der Waals surface area contributed by atoms with Crippen molar-refractivity contribution in [2.75, 3.05) is 26.2 Å². The number of halogens is 1. The van der Waals surface area contributed by atoms with Gasteiger partial charge in [-0.05, 0) is 37.0 Å². The molecule has 1 aromatic carbocycles. The van der Waals surface area contributed by atoms with Crippen LogP contribution in [0.25, 0.3) is 0 Å². The second kappa shape index (κ2) is 9.76. The van der Waals surface area contributed by atoms with Gasteiger partial charge in [0.2, 0.25) is 5.91 Å². The van der Waals surface area contributed by atoms with Crippen LogP contribution < -0.4 is 0 Å². The Morgan fingerprint density at radius 2 is 1.68 bits per heavy atom. The van der Waals surface area contributed by atoms with Gasteiger partial charge < -0.3 is 4.90 Å². The molecule has 5 nitrogen and oxygen atoms in total. The monoisotopic (exact) mass is 342 g/mol. The van der Waals surface area contributed by atoms with E-state index in [0.29, 0.717) is 25.7 Å². The minimum atomic E-state index is -0.247. The first-order valence-corrected chi connectivity index (χ1v) is 8.64. The van der Waals surface area contributed by atoms with Gasteiger partial charge >= 0.3 is 0 Å². The zero-order valence-electron chi connectivity index (χ0n) is 14.3. The van der Waals surface area contributed by atoms with Crippen molar-refractivity contribution in [3.8, 4) is 12.1 Å². The molecular weight excluding hydrogens is 319 g/mol. The third-order valence-corrected chi connectivity index (χ3v) is 4.34. The Kier molecular flexibility index (Phi) is 7.37. The van der Waals surface area contributed by atoms with E-state index in [1.165, 1.54) is 12.1 Å². The van der Waals surface area contributed by atoms with Crippen molar-refractivity contribution in [1.82, 2.24) is 9.80 Å². The molecule has 0 aromatic heterocycles. The standard InChI is InChI=1S/C19H23FN4O/c20-17-5-3-16(4-6-17)9-14-24(18-7-8-18)15-19(25)23(12-1-10-21)13-2-11-22/h3-6,18H,1-2,7-9,12-15H2. The zero-order chi connectivity index (χ0) is 18.1. The highest BCUT2D eigenvalue weighted by Crippen LogP contribution is 2.27. The Balaban J connectivity index is 1.90. The van der Waals surface area contributed by atoms with Gasteiger partial charge in [-0.1, -0.05) is 12.1 Å². The molecule has 0 aliphatic heterocycles. The SMILES string of the molecule is N#CCCN(CCC#N)C(=O)CN(CCc1ccc(F)cc1)C1CC1. The van der Waals surface area contributed by atoms with Gasteiger partial charge in [0.25, 0.3) is 0 Å². The van der Waals surface area contributed by atoms with Crippen LogP contribution in [0, 0.1) is 28.5 Å². The lowest BCUT2D eigenvalue weighted by Crippen LogP contribution is -2.42. The predicted molar refractivity (Wildman–Crippen MR) is 91.7 cm³/mol. The fourth-order valence-electron chi connectivity index (χ4n) is 2.76. The third kappa shape index (κ3) is 6.52. The van der Waals surface area contributed by atoms with Gasteiger partial charge in [-0.25, -0.2) is 4.39 Å². The maximum atomic E-state index is 13.0. The van der Waals surface area contributed by atoms with Crippen molar-refractivity contribution in [1.29, 1.82) is 10.5 Å². The Hall–Kier alpha value is -2.44. The number of nitriles is 2. The number of amides is 1. The van der Waals surface area contributed by atoms with Crippen molar-refractivity contribution < 1.29 is 9.18 Å². The quantitative estimate of drug-likeness (QED) is 0.655. The average molecular weight is 342 g/mol. The number of rotatable bonds is 10. The second-order valence-electron chi connectivity index (χ2n) is 6.28. The summed E-state index contributed by atoms with van der Waals surface area (Å²) in [6, 6.07) is 11.0. The fraction of sp³-hybridized carbons (Fsp3) is 0.526. The lowest BCUT2D eigenvalue weighted by molar-refractivity contribution is -0.132. The van der Waals surface area contributed by atoms with Gasteiger partial charge in [0.1, 0.15) is 5.82 Å². The Morgan fingerprint density at radius 1 is 1.08 bits per heavy atom. The number of carbonyl (C=O) groups is 1. The van der Waals surface area contributed by atoms with Crippen molar-refractivity contribution in [2.45, 2.75) is 38.1 Å². The van der Waals surface area contributed by atoms with Gasteiger partial charge in [0.15, 0.2) is 0 Å². The summed E-state index contributed by atoms with van der Waals surface area (Å²) in [5.74, 6) is -0.278. The number of benzene rings is 1. The summed E-state index contributed by atoms with van der Waals surface area (Å²) in [5.41, 5.74) is 1.05. The van der Waals surface area contributed by atoms with Gasteiger partial charge in [-0.15, -0.1) is 0 Å². The Bertz CT molecular complexity index is 625. The molecule has 132 valence electrons. The normalized spacial score (nSPS) is 13.3. The zero-order valence-corrected chi connectivity index (χ0v) is 14.3. The van der Waals surface area contributed by atoms with E-state index in [1.807, 2.05) is 12.1 Å². The largest absolute Gasteiger partial charge is 0.340 e. The molecule has 0 spiro atoms. The summed E-state index contributed by atoms with van der Waals surface area (Å²) in [4.78, 5) is 16.3. The molecule has 1 amide bonds. The Labute approximate surface area is 148 Å². The third-order valence-electron chi connectivity index (χ3n) is 4.34. The van der Waals surface area contributed by atoms with Crippen LogP contribution >= 0.6 is 0 Å². The minimum absolute atomic E-state index is 0.0310. The van der Waals surface area contributed by atoms with Crippen molar-refractivity contribution >= 4 is 5.91 Å². The number of hydrogen-bond acceptors (Lipinski definition) is 4. The van der Waals surface area contributed by atoms with Gasteiger partial charge in [0.05, 0.1) is 31.5 Å². The van der Waals surface area contributed by atoms with Crippen LogP contribution in [-0.2, 0) is 11.2 Å². The van der Waals surface area contributed by atoms with E-state index in [2.05, 4.69) is 4.90 Å². The molecule has 25 heavy (non-hydrogen) atoms. The molecule has 1 aliphatic rings. The fourth-order valence-corrected chi connectivity index (χ4v) is 2.76. The summed E-state index contributed by atoms with van der Waals surface area (Å²) >= 11 is 0. The van der Waals surface area contributed by atoms with E-state index in [9.17, 15) is 9.18 Å². The van der Waals surface area contributed by atoms with E-state index in [0.717, 1.165) is 31.4 Å². The minimum Gasteiger partial charge on any atom is -0.340 e. The van der Waals surface area contributed by atoms with E-state index in [1.54, 1.807) is 17.0 Å². The van der Waals surface area contributed by atoms with Crippen molar-refractivity contribution in [2.24, 2.45) is 0 Å². The first kappa shape index (κ1) is 18.9. The molecule has 0 N–H and O–H groups in total. The highest BCUT2D eigenvalue weighted by molar-refractivity contribution is 5.78. The predicted octanol–water partition coefficient (Wildman–Crippen LogP) is 2.49. The van der Waals surface area contributed by atoms with Gasteiger partial charge in [0, 0.05) is 25.7 Å². The first-order chi connectivity index (χ1) is 12.1. The molecule has 2 rings (SSSR count). The summed E-state index contributed by atoms with van der Waals surface area (Å²) in [7, 11) is 0. The molecule has 1 fully saturated rings. The Morgan fingerprint density at radius 3 is 2.20 bits per heavy atom. The maximum Gasteiger partial charge on any atom is 0.236 e. The maximum absolute atomic E-state index is 13.0. The highest BCUT2D eigenvalue weighted by Gasteiger charge is 2.31. The van der Waals surface area contributed by atoms with E-state index in [4.69, 9.17) is 10.5 Å². The molecular formula is C19H23FN4O. The smallest absolute Gasteiger partial charge is 0.236 e.